The molecule has 0 aliphatic carbocycles. The smallest absolute Gasteiger partial charge is 0.289 e. The monoisotopic (exact) mass is 328 g/mol. The van der Waals surface area contributed by atoms with Gasteiger partial charge in [-0.1, -0.05) is 0 Å². The van der Waals surface area contributed by atoms with E-state index < -0.39 is 0 Å². The quantitative estimate of drug-likeness (QED) is 0.837. The minimum absolute atomic E-state index is 0.103. The Balaban J connectivity index is 2.02. The molecular formula is C12H13BrN2O2S. The van der Waals surface area contributed by atoms with Gasteiger partial charge in [0.1, 0.15) is 4.75 Å². The third-order valence-electron chi connectivity index (χ3n) is 3.24. The lowest BCUT2D eigenvalue weighted by Gasteiger charge is -2.35. The highest BCUT2D eigenvalue weighted by Crippen LogP contribution is 2.34. The predicted octanol–water partition coefficient (Wildman–Crippen LogP) is 2.90. The molecule has 1 aromatic rings. The first kappa shape index (κ1) is 13.5. The molecule has 0 aromatic carbocycles. The molecule has 0 radical (unpaired) electrons. The van der Waals surface area contributed by atoms with E-state index in [2.05, 4.69) is 22.0 Å². The van der Waals surface area contributed by atoms with Gasteiger partial charge in [-0.3, -0.25) is 4.79 Å². The van der Waals surface area contributed by atoms with Crippen LogP contribution in [0.3, 0.4) is 0 Å². The van der Waals surface area contributed by atoms with Gasteiger partial charge in [-0.15, -0.1) is 11.8 Å². The zero-order valence-corrected chi connectivity index (χ0v) is 12.4. The molecule has 0 saturated carbocycles. The van der Waals surface area contributed by atoms with E-state index in [-0.39, 0.29) is 10.7 Å². The van der Waals surface area contributed by atoms with Crippen LogP contribution in [0.5, 0.6) is 0 Å². The van der Waals surface area contributed by atoms with Crippen molar-refractivity contribution in [1.29, 1.82) is 5.26 Å². The summed E-state index contributed by atoms with van der Waals surface area (Å²) in [5, 5.41) is 9.19. The standard InChI is InChI=1S/C12H13BrN2O2S/c1-18-12(8-14)4-6-15(7-5-12)11(16)9-2-3-10(13)17-9/h2-3H,4-7H2,1H3. The Hall–Kier alpha value is -0.930. The van der Waals surface area contributed by atoms with Crippen molar-refractivity contribution in [1.82, 2.24) is 4.90 Å². The second kappa shape index (κ2) is 5.37. The normalized spacial score (nSPS) is 18.4. The molecule has 0 bridgehead atoms. The maximum Gasteiger partial charge on any atom is 0.289 e. The molecule has 0 spiro atoms. The number of hydrogen-bond donors (Lipinski definition) is 0. The van der Waals surface area contributed by atoms with Gasteiger partial charge in [-0.05, 0) is 47.2 Å². The Kier molecular flexibility index (Phi) is 4.03. The average molecular weight is 329 g/mol. The number of thioether (sulfide) groups is 1. The first-order valence-electron chi connectivity index (χ1n) is 5.61. The first-order chi connectivity index (χ1) is 8.60. The SMILES string of the molecule is CSC1(C#N)CCN(C(=O)c2ccc(Br)o2)CC1. The van der Waals surface area contributed by atoms with E-state index >= 15 is 0 Å². The van der Waals surface area contributed by atoms with Crippen molar-refractivity contribution in [3.05, 3.63) is 22.6 Å². The Bertz CT molecular complexity index is 487. The number of carbonyl (C=O) groups is 1. The number of nitriles is 1. The summed E-state index contributed by atoms with van der Waals surface area (Å²) in [4.78, 5) is 13.9. The number of hydrogen-bond acceptors (Lipinski definition) is 4. The van der Waals surface area contributed by atoms with Gasteiger partial charge < -0.3 is 9.32 Å². The fourth-order valence-corrected chi connectivity index (χ4v) is 3.01. The summed E-state index contributed by atoms with van der Waals surface area (Å²) in [6, 6.07) is 5.73. The lowest BCUT2D eigenvalue weighted by atomic mass is 9.97. The van der Waals surface area contributed by atoms with Crippen LogP contribution in [0, 0.1) is 11.3 Å². The van der Waals surface area contributed by atoms with Crippen molar-refractivity contribution < 1.29 is 9.21 Å². The topological polar surface area (TPSA) is 57.2 Å². The maximum absolute atomic E-state index is 12.1. The number of nitrogens with zero attached hydrogens (tertiary/aromatic N) is 2. The number of rotatable bonds is 2. The van der Waals surface area contributed by atoms with E-state index in [0.717, 1.165) is 0 Å². The summed E-state index contributed by atoms with van der Waals surface area (Å²) in [5.41, 5.74) is 0. The maximum atomic E-state index is 12.1. The molecule has 1 saturated heterocycles. The zero-order valence-electron chi connectivity index (χ0n) is 9.98. The molecule has 2 rings (SSSR count). The summed E-state index contributed by atoms with van der Waals surface area (Å²) in [7, 11) is 0. The van der Waals surface area contributed by atoms with Gasteiger partial charge in [0, 0.05) is 13.1 Å². The third-order valence-corrected chi connectivity index (χ3v) is 4.94. The highest BCUT2D eigenvalue weighted by Gasteiger charge is 2.36. The Labute approximate surface area is 118 Å². The zero-order chi connectivity index (χ0) is 13.2. The van der Waals surface area contributed by atoms with Crippen LogP contribution in [0.4, 0.5) is 0 Å². The number of amides is 1. The molecule has 96 valence electrons. The van der Waals surface area contributed by atoms with Gasteiger partial charge in [0.05, 0.1) is 6.07 Å². The third kappa shape index (κ3) is 2.57. The minimum Gasteiger partial charge on any atom is -0.444 e. The molecule has 1 fully saturated rings. The molecule has 2 heterocycles. The van der Waals surface area contributed by atoms with Crippen LogP contribution in [-0.2, 0) is 0 Å². The van der Waals surface area contributed by atoms with E-state index in [1.54, 1.807) is 28.8 Å². The molecule has 6 heteroatoms. The summed E-state index contributed by atoms with van der Waals surface area (Å²) in [5.74, 6) is 0.240. The van der Waals surface area contributed by atoms with Crippen molar-refractivity contribution >= 4 is 33.6 Å². The first-order valence-corrected chi connectivity index (χ1v) is 7.63. The number of halogens is 1. The van der Waals surface area contributed by atoms with E-state index in [9.17, 15) is 10.1 Å². The largest absolute Gasteiger partial charge is 0.444 e. The van der Waals surface area contributed by atoms with Gasteiger partial charge in [-0.25, -0.2) is 0 Å². The molecule has 1 aromatic heterocycles. The summed E-state index contributed by atoms with van der Waals surface area (Å²) in [6.45, 7) is 1.21. The van der Waals surface area contributed by atoms with E-state index in [1.807, 2.05) is 6.26 Å². The van der Waals surface area contributed by atoms with Gasteiger partial charge in [0.2, 0.25) is 0 Å². The second-order valence-corrected chi connectivity index (χ2v) is 6.18. The molecule has 1 amide bonds. The van der Waals surface area contributed by atoms with Crippen LogP contribution in [0.2, 0.25) is 0 Å². The predicted molar refractivity (Wildman–Crippen MR) is 73.4 cm³/mol. The molecule has 18 heavy (non-hydrogen) atoms. The highest BCUT2D eigenvalue weighted by atomic mass is 79.9. The molecule has 1 aliphatic rings. The van der Waals surface area contributed by atoms with Gasteiger partial charge in [0.15, 0.2) is 10.4 Å². The highest BCUT2D eigenvalue weighted by molar-refractivity contribution is 9.10. The number of carbonyl (C=O) groups excluding carboxylic acids is 1. The lowest BCUT2D eigenvalue weighted by molar-refractivity contribution is 0.0683. The van der Waals surface area contributed by atoms with Crippen molar-refractivity contribution in [2.24, 2.45) is 0 Å². The average Bonchev–Trinajstić information content (AvgIpc) is 2.85. The molecule has 0 atom stereocenters. The van der Waals surface area contributed by atoms with Crippen molar-refractivity contribution in [3.63, 3.8) is 0 Å². The van der Waals surface area contributed by atoms with E-state index in [4.69, 9.17) is 4.42 Å². The van der Waals surface area contributed by atoms with Gasteiger partial charge >= 0.3 is 0 Å². The van der Waals surface area contributed by atoms with Crippen LogP contribution in [0.25, 0.3) is 0 Å². The Morgan fingerprint density at radius 1 is 1.56 bits per heavy atom. The fraction of sp³-hybridized carbons (Fsp3) is 0.500. The Morgan fingerprint density at radius 2 is 2.22 bits per heavy atom. The van der Waals surface area contributed by atoms with Crippen LogP contribution >= 0.6 is 27.7 Å². The minimum atomic E-state index is -0.333. The molecule has 4 nitrogen and oxygen atoms in total. The molecule has 0 N–H and O–H groups in total. The van der Waals surface area contributed by atoms with E-state index in [1.165, 1.54) is 0 Å². The van der Waals surface area contributed by atoms with Crippen LogP contribution in [0.15, 0.2) is 21.2 Å². The van der Waals surface area contributed by atoms with Crippen molar-refractivity contribution in [2.45, 2.75) is 17.6 Å². The summed E-state index contributed by atoms with van der Waals surface area (Å²) in [6.07, 6.45) is 3.36. The molecular weight excluding hydrogens is 316 g/mol. The Morgan fingerprint density at radius 3 is 2.67 bits per heavy atom. The van der Waals surface area contributed by atoms with Crippen LogP contribution in [0.1, 0.15) is 23.4 Å². The van der Waals surface area contributed by atoms with Crippen LogP contribution < -0.4 is 0 Å². The van der Waals surface area contributed by atoms with Crippen LogP contribution in [-0.4, -0.2) is 34.9 Å². The van der Waals surface area contributed by atoms with Crippen molar-refractivity contribution in [3.8, 4) is 6.07 Å². The number of piperidine rings is 1. The van der Waals surface area contributed by atoms with Gasteiger partial charge in [0.25, 0.3) is 5.91 Å². The second-order valence-electron chi connectivity index (χ2n) is 4.21. The summed E-state index contributed by atoms with van der Waals surface area (Å²) < 4.78 is 5.48. The molecule has 0 unspecified atom stereocenters. The summed E-state index contributed by atoms with van der Waals surface area (Å²) >= 11 is 4.76. The van der Waals surface area contributed by atoms with Crippen molar-refractivity contribution in [2.75, 3.05) is 19.3 Å². The number of furan rings is 1. The van der Waals surface area contributed by atoms with E-state index in [0.29, 0.717) is 36.4 Å². The lowest BCUT2D eigenvalue weighted by Crippen LogP contribution is -2.44. The van der Waals surface area contributed by atoms with Gasteiger partial charge in [-0.2, -0.15) is 5.26 Å². The fourth-order valence-electron chi connectivity index (χ4n) is 2.02. The number of likely N-dealkylation sites (tertiary alicyclic amines) is 1. The molecule has 1 aliphatic heterocycles.